The van der Waals surface area contributed by atoms with E-state index in [1.54, 1.807) is 12.1 Å². The first-order valence-electron chi connectivity index (χ1n) is 18.7. The van der Waals surface area contributed by atoms with Crippen LogP contribution in [0.15, 0.2) is 91.1 Å². The van der Waals surface area contributed by atoms with Crippen molar-refractivity contribution in [1.82, 2.24) is 15.2 Å². The summed E-state index contributed by atoms with van der Waals surface area (Å²) in [7, 11) is 0. The molecule has 0 spiro atoms. The normalized spacial score (nSPS) is 16.2. The first-order valence-corrected chi connectivity index (χ1v) is 19.5. The van der Waals surface area contributed by atoms with Crippen molar-refractivity contribution in [2.45, 2.75) is 78.4 Å². The van der Waals surface area contributed by atoms with Gasteiger partial charge in [-0.05, 0) is 128 Å². The van der Waals surface area contributed by atoms with Gasteiger partial charge in [-0.15, -0.1) is 0 Å². The average molecular weight is 795 g/mol. The van der Waals surface area contributed by atoms with E-state index >= 15 is 0 Å². The lowest BCUT2D eigenvalue weighted by molar-refractivity contribution is -0.127. The Morgan fingerprint density at radius 3 is 2.36 bits per heavy atom. The molecule has 56 heavy (non-hydrogen) atoms. The van der Waals surface area contributed by atoms with E-state index in [2.05, 4.69) is 41.5 Å². The molecule has 0 aliphatic carbocycles. The van der Waals surface area contributed by atoms with Gasteiger partial charge in [-0.3, -0.25) is 14.7 Å². The topological polar surface area (TPSA) is 99.2 Å². The van der Waals surface area contributed by atoms with E-state index < -0.39 is 17.7 Å². The fourth-order valence-electron chi connectivity index (χ4n) is 6.89. The van der Waals surface area contributed by atoms with Gasteiger partial charge in [0.15, 0.2) is 17.6 Å². The summed E-state index contributed by atoms with van der Waals surface area (Å²) >= 11 is 12.2. The minimum atomic E-state index is -0.759. The number of carbonyl (C=O) groups is 2. The fourth-order valence-corrected chi connectivity index (χ4v) is 7.21. The molecule has 7 rings (SSSR count). The van der Waals surface area contributed by atoms with E-state index in [1.807, 2.05) is 82.4 Å². The van der Waals surface area contributed by atoms with Crippen molar-refractivity contribution >= 4 is 35.2 Å². The van der Waals surface area contributed by atoms with Crippen molar-refractivity contribution in [3.63, 3.8) is 0 Å². The summed E-state index contributed by atoms with van der Waals surface area (Å²) in [6, 6.07) is 26.6. The van der Waals surface area contributed by atoms with Gasteiger partial charge in [-0.1, -0.05) is 65.7 Å². The summed E-state index contributed by atoms with van der Waals surface area (Å²) in [6.45, 7) is 10.8. The second kappa shape index (κ2) is 16.5. The number of fused-ring (bicyclic) bond motifs is 2. The van der Waals surface area contributed by atoms with Crippen LogP contribution in [0.3, 0.4) is 0 Å². The lowest BCUT2D eigenvalue weighted by atomic mass is 9.92. The van der Waals surface area contributed by atoms with Gasteiger partial charge in [0.05, 0.1) is 16.6 Å². The van der Waals surface area contributed by atoms with Gasteiger partial charge >= 0.3 is 6.09 Å². The van der Waals surface area contributed by atoms with Crippen LogP contribution < -0.4 is 19.5 Å². The van der Waals surface area contributed by atoms with E-state index in [1.165, 1.54) is 4.90 Å². The highest BCUT2D eigenvalue weighted by Gasteiger charge is 2.38. The molecule has 0 fully saturated rings. The summed E-state index contributed by atoms with van der Waals surface area (Å²) in [5.41, 5.74) is 8.45. The van der Waals surface area contributed by atoms with Crippen LogP contribution in [0, 0.1) is 13.8 Å². The number of aryl methyl sites for hydroxylation is 1. The Kier molecular flexibility index (Phi) is 11.5. The Morgan fingerprint density at radius 1 is 0.893 bits per heavy atom. The summed E-state index contributed by atoms with van der Waals surface area (Å²) in [6.07, 6.45) is 1.88. The second-order valence-electron chi connectivity index (χ2n) is 15.2. The van der Waals surface area contributed by atoms with E-state index in [9.17, 15) is 9.59 Å². The van der Waals surface area contributed by atoms with Crippen LogP contribution in [0.25, 0.3) is 11.1 Å². The zero-order valence-electron chi connectivity index (χ0n) is 32.2. The van der Waals surface area contributed by atoms with Crippen LogP contribution in [-0.4, -0.2) is 46.7 Å². The van der Waals surface area contributed by atoms with Crippen LogP contribution in [0.1, 0.15) is 65.9 Å². The van der Waals surface area contributed by atoms with Gasteiger partial charge in [-0.25, -0.2) is 4.79 Å². The molecule has 2 aliphatic rings. The van der Waals surface area contributed by atoms with Crippen LogP contribution in [-0.2, 0) is 35.5 Å². The van der Waals surface area contributed by atoms with Gasteiger partial charge in [-0.2, -0.15) is 0 Å². The zero-order valence-corrected chi connectivity index (χ0v) is 33.7. The molecule has 3 heterocycles. The van der Waals surface area contributed by atoms with Gasteiger partial charge in [0, 0.05) is 24.9 Å². The fraction of sp³-hybridized carbons (Fsp3) is 0.311. The number of carbonyl (C=O) groups excluding carboxylic acids is 2. The lowest BCUT2D eigenvalue weighted by Gasteiger charge is -2.38. The Morgan fingerprint density at radius 2 is 1.62 bits per heavy atom. The zero-order chi connectivity index (χ0) is 39.6. The molecular weight excluding hydrogens is 749 g/mol. The van der Waals surface area contributed by atoms with Crippen molar-refractivity contribution in [2.24, 2.45) is 0 Å². The highest BCUT2D eigenvalue weighted by atomic mass is 35.5. The molecule has 9 nitrogen and oxygen atoms in total. The molecule has 2 aliphatic heterocycles. The van der Waals surface area contributed by atoms with Crippen molar-refractivity contribution in [3.05, 3.63) is 140 Å². The van der Waals surface area contributed by atoms with Gasteiger partial charge in [0.2, 0.25) is 5.91 Å². The molecule has 2 unspecified atom stereocenters. The number of nitrogens with one attached hydrogen (secondary N) is 1. The molecule has 5 aromatic rings. The van der Waals surface area contributed by atoms with E-state index in [0.29, 0.717) is 59.9 Å². The lowest BCUT2D eigenvalue weighted by Crippen LogP contribution is -2.53. The number of benzene rings is 4. The Balaban J connectivity index is 1.00. The standard InChI is InChI=1S/C45H45Cl2N3O6/c1-27-28(2)48-19-17-36(27)31-9-6-29(7-10-31)16-18-49-43(51)39-21-33-22-40-41(23-34(33)24-50(39)44(52)56-45(3,4)5)55-42(26-54-40)32-11-13-35(14-12-32)53-25-30-8-15-37(46)38(47)20-30/h6-15,17,19-20,22-23,39,42H,16,18,21,24-26H2,1-5H3,(H,49,51). The largest absolute Gasteiger partial charge is 0.489 e. The van der Waals surface area contributed by atoms with Gasteiger partial charge in [0.25, 0.3) is 0 Å². The maximum absolute atomic E-state index is 13.8. The third-order valence-corrected chi connectivity index (χ3v) is 10.8. The Labute approximate surface area is 337 Å². The number of halogens is 2. The van der Waals surface area contributed by atoms with Gasteiger partial charge in [0.1, 0.15) is 30.6 Å². The first kappa shape index (κ1) is 39.0. The van der Waals surface area contributed by atoms with Crippen molar-refractivity contribution in [1.29, 1.82) is 0 Å². The number of aromatic nitrogens is 1. The van der Waals surface area contributed by atoms with Crippen LogP contribution >= 0.6 is 23.2 Å². The molecule has 4 aromatic carbocycles. The number of hydrogen-bond donors (Lipinski definition) is 1. The van der Waals surface area contributed by atoms with Crippen LogP contribution in [0.2, 0.25) is 10.0 Å². The molecule has 2 atom stereocenters. The molecule has 0 saturated heterocycles. The van der Waals surface area contributed by atoms with E-state index in [0.717, 1.165) is 50.2 Å². The third kappa shape index (κ3) is 9.06. The second-order valence-corrected chi connectivity index (χ2v) is 16.0. The maximum atomic E-state index is 13.8. The van der Waals surface area contributed by atoms with Crippen LogP contribution in [0.4, 0.5) is 4.79 Å². The highest BCUT2D eigenvalue weighted by molar-refractivity contribution is 6.42. The van der Waals surface area contributed by atoms with Gasteiger partial charge < -0.3 is 24.3 Å². The monoisotopic (exact) mass is 793 g/mol. The SMILES string of the molecule is Cc1nccc(-c2ccc(CCNC(=O)C3Cc4cc5c(cc4CN3C(=O)OC(C)(C)C)OC(c3ccc(OCc4ccc(Cl)c(Cl)c4)cc3)CO5)cc2)c1C. The molecule has 1 N–H and O–H groups in total. The summed E-state index contributed by atoms with van der Waals surface area (Å²) in [4.78, 5) is 33.3. The van der Waals surface area contributed by atoms with Crippen LogP contribution in [0.5, 0.6) is 17.2 Å². The van der Waals surface area contributed by atoms with Crippen molar-refractivity contribution in [3.8, 4) is 28.4 Å². The van der Waals surface area contributed by atoms with Crippen molar-refractivity contribution in [2.75, 3.05) is 13.2 Å². The molecule has 0 saturated carbocycles. The smallest absolute Gasteiger partial charge is 0.411 e. The molecule has 2 amide bonds. The number of ether oxygens (including phenoxy) is 4. The molecule has 290 valence electrons. The quantitative estimate of drug-likeness (QED) is 0.159. The summed E-state index contributed by atoms with van der Waals surface area (Å²) < 4.78 is 24.4. The Bertz CT molecular complexity index is 2240. The predicted octanol–water partition coefficient (Wildman–Crippen LogP) is 9.78. The minimum Gasteiger partial charge on any atom is -0.489 e. The number of rotatable bonds is 9. The summed E-state index contributed by atoms with van der Waals surface area (Å²) in [5.74, 6) is 1.65. The molecule has 1 aromatic heterocycles. The molecule has 0 bridgehead atoms. The Hall–Kier alpha value is -5.25. The first-order chi connectivity index (χ1) is 26.8. The number of hydrogen-bond acceptors (Lipinski definition) is 7. The molecular formula is C45H45Cl2N3O6. The average Bonchev–Trinajstić information content (AvgIpc) is 3.17. The number of nitrogens with zero attached hydrogens (tertiary/aromatic N) is 2. The molecule has 0 radical (unpaired) electrons. The van der Waals surface area contributed by atoms with E-state index in [-0.39, 0.29) is 18.6 Å². The number of pyridine rings is 1. The predicted molar refractivity (Wildman–Crippen MR) is 218 cm³/mol. The third-order valence-electron chi connectivity index (χ3n) is 10.1. The summed E-state index contributed by atoms with van der Waals surface area (Å²) in [5, 5.41) is 4.07. The van der Waals surface area contributed by atoms with Crippen molar-refractivity contribution < 1.29 is 28.5 Å². The minimum absolute atomic E-state index is 0.184. The van der Waals surface area contributed by atoms with E-state index in [4.69, 9.17) is 42.1 Å². The maximum Gasteiger partial charge on any atom is 0.411 e. The number of amides is 2. The highest BCUT2D eigenvalue weighted by Crippen LogP contribution is 2.41. The molecule has 11 heteroatoms.